The molecular formula is C25H16BrF7N2O3. The van der Waals surface area contributed by atoms with E-state index in [1.165, 1.54) is 36.4 Å². The molecule has 3 aromatic rings. The van der Waals surface area contributed by atoms with Gasteiger partial charge in [-0.15, -0.1) is 13.2 Å². The van der Waals surface area contributed by atoms with E-state index in [2.05, 4.69) is 25.7 Å². The van der Waals surface area contributed by atoms with Crippen LogP contribution in [0.5, 0.6) is 5.75 Å². The molecule has 0 amide bonds. The van der Waals surface area contributed by atoms with Crippen molar-refractivity contribution >= 4 is 45.3 Å². The zero-order valence-corrected chi connectivity index (χ0v) is 20.7. The Hall–Kier alpha value is -3.45. The van der Waals surface area contributed by atoms with Crippen LogP contribution in [0.3, 0.4) is 0 Å². The molecule has 3 aromatic carbocycles. The van der Waals surface area contributed by atoms with Crippen LogP contribution in [0.4, 0.5) is 47.8 Å². The first-order valence-electron chi connectivity index (χ1n) is 10.8. The monoisotopic (exact) mass is 604 g/mol. The van der Waals surface area contributed by atoms with E-state index in [1.54, 1.807) is 0 Å². The number of nitrogens with zero attached hydrogens (tertiary/aromatic N) is 2. The zero-order valence-electron chi connectivity index (χ0n) is 19.1. The van der Waals surface area contributed by atoms with Crippen LogP contribution in [0.1, 0.15) is 24.1 Å². The number of fused-ring (bicyclic) bond motifs is 1. The number of para-hydroxylation sites is 1. The SMILES string of the molecule is CC(C(=O)[O-])C1c2cccc(F)c2N=C[N+]1(c1ccc(Br)cc1)c1cc(C(F)(F)F)ccc1OC(F)(F)F. The van der Waals surface area contributed by atoms with Gasteiger partial charge in [0.2, 0.25) is 6.34 Å². The Balaban J connectivity index is 2.18. The van der Waals surface area contributed by atoms with Crippen LogP contribution in [0.15, 0.2) is 70.1 Å². The van der Waals surface area contributed by atoms with E-state index < -0.39 is 57.8 Å². The molecule has 0 aliphatic carbocycles. The van der Waals surface area contributed by atoms with Crippen LogP contribution in [-0.2, 0) is 11.0 Å². The summed E-state index contributed by atoms with van der Waals surface area (Å²) in [7, 11) is 0. The van der Waals surface area contributed by atoms with E-state index in [-0.39, 0.29) is 16.9 Å². The largest absolute Gasteiger partial charge is 0.573 e. The van der Waals surface area contributed by atoms with Crippen LogP contribution in [-0.4, -0.2) is 18.7 Å². The molecular weight excluding hydrogens is 589 g/mol. The molecule has 0 saturated heterocycles. The van der Waals surface area contributed by atoms with E-state index in [0.717, 1.165) is 19.3 Å². The van der Waals surface area contributed by atoms with Gasteiger partial charge in [0.25, 0.3) is 0 Å². The highest BCUT2D eigenvalue weighted by Gasteiger charge is 2.52. The van der Waals surface area contributed by atoms with Gasteiger partial charge in [0.05, 0.1) is 17.5 Å². The van der Waals surface area contributed by atoms with Crippen molar-refractivity contribution in [2.45, 2.75) is 25.5 Å². The van der Waals surface area contributed by atoms with Gasteiger partial charge >= 0.3 is 12.5 Å². The molecule has 0 saturated carbocycles. The first-order chi connectivity index (χ1) is 17.6. The number of carbonyl (C=O) groups excluding carboxylic acids is 1. The lowest BCUT2D eigenvalue weighted by molar-refractivity contribution is -0.312. The second kappa shape index (κ2) is 9.70. The Morgan fingerprint density at radius 2 is 1.71 bits per heavy atom. The minimum atomic E-state index is -5.31. The Morgan fingerprint density at radius 1 is 1.05 bits per heavy atom. The maximum absolute atomic E-state index is 14.7. The summed E-state index contributed by atoms with van der Waals surface area (Å²) in [6.45, 7) is 1.16. The van der Waals surface area contributed by atoms with Crippen molar-refractivity contribution in [1.82, 2.24) is 4.48 Å². The van der Waals surface area contributed by atoms with Gasteiger partial charge in [0.1, 0.15) is 23.2 Å². The van der Waals surface area contributed by atoms with Gasteiger partial charge in [0.15, 0.2) is 11.4 Å². The van der Waals surface area contributed by atoms with Crippen molar-refractivity contribution in [2.24, 2.45) is 10.9 Å². The van der Waals surface area contributed by atoms with E-state index in [1.807, 2.05) is 0 Å². The van der Waals surface area contributed by atoms with Crippen molar-refractivity contribution in [3.05, 3.63) is 82.1 Å². The van der Waals surface area contributed by atoms with E-state index in [4.69, 9.17) is 0 Å². The summed E-state index contributed by atoms with van der Waals surface area (Å²) in [5.74, 6) is -5.14. The molecule has 1 aliphatic heterocycles. The molecule has 0 bridgehead atoms. The first-order valence-corrected chi connectivity index (χ1v) is 11.6. The fourth-order valence-electron chi connectivity index (χ4n) is 4.56. The Bertz CT molecular complexity index is 1410. The number of quaternary nitrogens is 1. The predicted octanol–water partition coefficient (Wildman–Crippen LogP) is 6.95. The molecule has 0 aromatic heterocycles. The topological polar surface area (TPSA) is 61.7 Å². The number of hydrogen-bond acceptors (Lipinski definition) is 4. The number of carbonyl (C=O) groups is 1. The normalized spacial score (nSPS) is 20.1. The fourth-order valence-corrected chi connectivity index (χ4v) is 4.82. The van der Waals surface area contributed by atoms with Crippen LogP contribution >= 0.6 is 15.9 Å². The summed E-state index contributed by atoms with van der Waals surface area (Å²) in [6.07, 6.45) is -9.39. The highest BCUT2D eigenvalue weighted by molar-refractivity contribution is 9.10. The minimum Gasteiger partial charge on any atom is -0.550 e. The lowest BCUT2D eigenvalue weighted by Crippen LogP contribution is -2.53. The van der Waals surface area contributed by atoms with E-state index >= 15 is 0 Å². The second-order valence-corrected chi connectivity index (χ2v) is 9.37. The van der Waals surface area contributed by atoms with Gasteiger partial charge in [-0.25, -0.2) is 8.87 Å². The zero-order chi connectivity index (χ0) is 28.0. The Labute approximate surface area is 219 Å². The van der Waals surface area contributed by atoms with Crippen LogP contribution in [0.2, 0.25) is 0 Å². The summed E-state index contributed by atoms with van der Waals surface area (Å²) in [5.41, 5.74) is -2.40. The third kappa shape index (κ3) is 4.99. The number of carboxylic acids is 1. The maximum atomic E-state index is 14.7. The lowest BCUT2D eigenvalue weighted by atomic mass is 9.87. The van der Waals surface area contributed by atoms with Crippen LogP contribution < -0.4 is 14.3 Å². The standard InChI is InChI=1S/C25H16BrF7N2O3/c1-13(23(36)37)22-17-3-2-4-18(27)21(17)34-12-35(22,16-8-6-15(26)7-9-16)19-11-14(24(28,29)30)5-10-20(19)38-25(31,32)33/h2-13,22H,1H3. The fraction of sp³-hybridized carbons (Fsp3) is 0.200. The van der Waals surface area contributed by atoms with Crippen molar-refractivity contribution in [3.63, 3.8) is 0 Å². The highest BCUT2D eigenvalue weighted by atomic mass is 79.9. The van der Waals surface area contributed by atoms with Gasteiger partial charge < -0.3 is 14.6 Å². The number of aliphatic imine (C=N–C) groups is 1. The lowest BCUT2D eigenvalue weighted by Gasteiger charge is -2.45. The Kier molecular flexibility index (Phi) is 7.04. The van der Waals surface area contributed by atoms with Gasteiger partial charge in [0, 0.05) is 28.2 Å². The first kappa shape index (κ1) is 27.6. The van der Waals surface area contributed by atoms with Gasteiger partial charge in [-0.2, -0.15) is 18.2 Å². The molecule has 0 fully saturated rings. The summed E-state index contributed by atoms with van der Waals surface area (Å²) < 4.78 is 100.0. The number of aliphatic carboxylic acids is 1. The average Bonchev–Trinajstić information content (AvgIpc) is 2.82. The molecule has 5 nitrogen and oxygen atoms in total. The van der Waals surface area contributed by atoms with Crippen LogP contribution in [0, 0.1) is 11.7 Å². The second-order valence-electron chi connectivity index (χ2n) is 8.46. The van der Waals surface area contributed by atoms with Crippen molar-refractivity contribution in [1.29, 1.82) is 0 Å². The van der Waals surface area contributed by atoms with Gasteiger partial charge in [-0.05, 0) is 30.3 Å². The molecule has 0 radical (unpaired) electrons. The van der Waals surface area contributed by atoms with Crippen molar-refractivity contribution in [3.8, 4) is 5.75 Å². The molecule has 1 heterocycles. The minimum absolute atomic E-state index is 0.0244. The Morgan fingerprint density at radius 3 is 2.29 bits per heavy atom. The predicted molar refractivity (Wildman–Crippen MR) is 125 cm³/mol. The maximum Gasteiger partial charge on any atom is 0.573 e. The molecule has 0 N–H and O–H groups in total. The summed E-state index contributed by atoms with van der Waals surface area (Å²) >= 11 is 3.22. The average molecular weight is 605 g/mol. The molecule has 38 heavy (non-hydrogen) atoms. The summed E-state index contributed by atoms with van der Waals surface area (Å²) in [6, 6.07) is 9.07. The van der Waals surface area contributed by atoms with Crippen molar-refractivity contribution < 1.29 is 45.4 Å². The van der Waals surface area contributed by atoms with E-state index in [9.17, 15) is 40.6 Å². The number of halogens is 8. The summed E-state index contributed by atoms with van der Waals surface area (Å²) in [4.78, 5) is 16.3. The number of benzene rings is 3. The number of hydrogen-bond donors (Lipinski definition) is 0. The smallest absolute Gasteiger partial charge is 0.550 e. The van der Waals surface area contributed by atoms with E-state index in [0.29, 0.717) is 22.7 Å². The third-order valence-electron chi connectivity index (χ3n) is 6.15. The third-order valence-corrected chi connectivity index (χ3v) is 6.68. The quantitative estimate of drug-likeness (QED) is 0.234. The van der Waals surface area contributed by atoms with Gasteiger partial charge in [-0.3, -0.25) is 0 Å². The molecule has 3 atom stereocenters. The van der Waals surface area contributed by atoms with Crippen LogP contribution in [0.25, 0.3) is 0 Å². The van der Waals surface area contributed by atoms with Gasteiger partial charge in [-0.1, -0.05) is 35.0 Å². The number of alkyl halides is 6. The summed E-state index contributed by atoms with van der Waals surface area (Å²) in [5, 5.41) is 12.2. The molecule has 1 aliphatic rings. The molecule has 200 valence electrons. The number of ether oxygens (including phenoxy) is 1. The number of rotatable bonds is 5. The van der Waals surface area contributed by atoms with Crippen molar-refractivity contribution in [2.75, 3.05) is 0 Å². The molecule has 13 heteroatoms. The highest BCUT2D eigenvalue weighted by Crippen LogP contribution is 2.55. The molecule has 4 rings (SSSR count). The number of carboxylic acid groups (broad SMARTS) is 1. The molecule has 3 unspecified atom stereocenters. The molecule has 0 spiro atoms.